The van der Waals surface area contributed by atoms with Crippen LogP contribution in [0.25, 0.3) is 0 Å². The highest BCUT2D eigenvalue weighted by molar-refractivity contribution is 7.85. The van der Waals surface area contributed by atoms with E-state index in [1.54, 1.807) is 0 Å². The molecule has 0 saturated heterocycles. The van der Waals surface area contributed by atoms with E-state index >= 15 is 0 Å². The van der Waals surface area contributed by atoms with E-state index in [9.17, 15) is 4.57 Å². The molecule has 0 unspecified atom stereocenters. The summed E-state index contributed by atoms with van der Waals surface area (Å²) < 4.78 is 14.0. The van der Waals surface area contributed by atoms with Crippen molar-refractivity contribution in [1.82, 2.24) is 0 Å². The molecular weight excluding hydrogens is 303 g/mol. The van der Waals surface area contributed by atoms with E-state index < -0.39 is 7.14 Å². The van der Waals surface area contributed by atoms with Crippen molar-refractivity contribution in [2.45, 2.75) is 6.42 Å². The normalized spacial score (nSPS) is 11.3. The zero-order valence-electron chi connectivity index (χ0n) is 12.8. The summed E-state index contributed by atoms with van der Waals surface area (Å²) in [7, 11) is -2.88. The molecule has 0 atom stereocenters. The van der Waals surface area contributed by atoms with Crippen LogP contribution in [-0.2, 0) is 11.0 Å². The van der Waals surface area contributed by atoms with Crippen molar-refractivity contribution >= 4 is 23.1 Å². The van der Waals surface area contributed by atoms with E-state index in [0.717, 1.165) is 21.5 Å². The molecule has 0 aliphatic rings. The van der Waals surface area contributed by atoms with E-state index in [0.29, 0.717) is 6.42 Å². The summed E-state index contributed by atoms with van der Waals surface area (Å²) in [4.78, 5) is 0. The van der Waals surface area contributed by atoms with Crippen LogP contribution in [0.1, 0.15) is 5.56 Å². The third-order valence-electron chi connectivity index (χ3n) is 3.94. The lowest BCUT2D eigenvalue weighted by atomic mass is 10.2. The molecule has 0 bridgehead atoms. The summed E-state index contributed by atoms with van der Waals surface area (Å²) in [5.41, 5.74) is 1.05. The highest BCUT2D eigenvalue weighted by atomic mass is 31.2. The van der Waals surface area contributed by atoms with Gasteiger partial charge in [-0.05, 0) is 12.0 Å². The van der Waals surface area contributed by atoms with Crippen LogP contribution in [0.4, 0.5) is 0 Å². The zero-order chi connectivity index (χ0) is 16.1. The Morgan fingerprint density at radius 1 is 0.652 bits per heavy atom. The van der Waals surface area contributed by atoms with Gasteiger partial charge in [0, 0.05) is 22.5 Å². The van der Waals surface area contributed by atoms with Crippen molar-refractivity contribution in [3.8, 4) is 0 Å². The second-order valence-electron chi connectivity index (χ2n) is 5.42. The van der Waals surface area contributed by atoms with Crippen molar-refractivity contribution in [2.24, 2.45) is 0 Å². The number of hydrogen-bond donors (Lipinski definition) is 1. The molecule has 23 heavy (non-hydrogen) atoms. The quantitative estimate of drug-likeness (QED) is 0.734. The van der Waals surface area contributed by atoms with Crippen molar-refractivity contribution < 1.29 is 9.67 Å². The molecule has 3 rings (SSSR count). The maximum Gasteiger partial charge on any atom is 0.171 e. The van der Waals surface area contributed by atoms with Crippen LogP contribution in [0.15, 0.2) is 84.9 Å². The van der Waals surface area contributed by atoms with Crippen LogP contribution >= 0.6 is 7.14 Å². The van der Waals surface area contributed by atoms with E-state index in [-0.39, 0.29) is 6.61 Å². The molecule has 3 aromatic rings. The fourth-order valence-electron chi connectivity index (χ4n) is 2.72. The molecule has 2 nitrogen and oxygen atoms in total. The molecule has 0 aliphatic heterocycles. The van der Waals surface area contributed by atoms with Crippen LogP contribution in [0.2, 0.25) is 0 Å². The van der Waals surface area contributed by atoms with Gasteiger partial charge in [-0.3, -0.25) is 0 Å². The summed E-state index contributed by atoms with van der Waals surface area (Å²) in [5.74, 6) is 0. The van der Waals surface area contributed by atoms with Crippen molar-refractivity contribution in [3.63, 3.8) is 0 Å². The zero-order valence-corrected chi connectivity index (χ0v) is 13.7. The van der Waals surface area contributed by atoms with Gasteiger partial charge in [0.15, 0.2) is 7.14 Å². The Balaban J connectivity index is 2.15. The highest BCUT2D eigenvalue weighted by Gasteiger charge is 2.29. The van der Waals surface area contributed by atoms with Gasteiger partial charge in [-0.2, -0.15) is 0 Å². The second kappa shape index (κ2) is 6.95. The topological polar surface area (TPSA) is 37.3 Å². The fraction of sp³-hybridized carbons (Fsp3) is 0.100. The minimum absolute atomic E-state index is 0.119. The van der Waals surface area contributed by atoms with Gasteiger partial charge >= 0.3 is 0 Å². The summed E-state index contributed by atoms with van der Waals surface area (Å²) in [6, 6.07) is 27.0. The summed E-state index contributed by atoms with van der Waals surface area (Å²) in [6.45, 7) is 0.119. The van der Waals surface area contributed by atoms with Crippen LogP contribution in [0.3, 0.4) is 0 Å². The molecule has 0 fully saturated rings. The molecule has 0 amide bonds. The molecule has 0 saturated carbocycles. The maximum atomic E-state index is 14.0. The smallest absolute Gasteiger partial charge is 0.171 e. The van der Waals surface area contributed by atoms with Gasteiger partial charge in [-0.1, -0.05) is 84.9 Å². The predicted octanol–water partition coefficient (Wildman–Crippen LogP) is 2.86. The van der Waals surface area contributed by atoms with Crippen LogP contribution in [-0.4, -0.2) is 11.7 Å². The number of benzene rings is 3. The number of aliphatic hydroxyl groups is 1. The maximum absolute atomic E-state index is 14.0. The number of hydrogen-bond acceptors (Lipinski definition) is 2. The molecular formula is C20H19O2P. The Hall–Kier alpha value is -2.15. The third kappa shape index (κ3) is 3.14. The first-order chi connectivity index (χ1) is 11.2. The first-order valence-corrected chi connectivity index (χ1v) is 9.37. The first kappa shape index (κ1) is 15.7. The molecule has 0 spiro atoms. The first-order valence-electron chi connectivity index (χ1n) is 7.67. The molecule has 1 N–H and O–H groups in total. The van der Waals surface area contributed by atoms with Crippen LogP contribution in [0.5, 0.6) is 0 Å². The fourth-order valence-corrected chi connectivity index (χ4v) is 5.37. The summed E-state index contributed by atoms with van der Waals surface area (Å²) >= 11 is 0. The Kier molecular flexibility index (Phi) is 4.76. The average molecular weight is 322 g/mol. The van der Waals surface area contributed by atoms with Crippen molar-refractivity contribution in [3.05, 3.63) is 90.5 Å². The average Bonchev–Trinajstić information content (AvgIpc) is 2.63. The van der Waals surface area contributed by atoms with E-state index in [1.807, 2.05) is 84.9 Å². The Morgan fingerprint density at radius 3 is 1.52 bits per heavy atom. The molecule has 3 heteroatoms. The van der Waals surface area contributed by atoms with Gasteiger partial charge in [-0.15, -0.1) is 0 Å². The van der Waals surface area contributed by atoms with Gasteiger partial charge < -0.3 is 9.67 Å². The monoisotopic (exact) mass is 322 g/mol. The number of aliphatic hydroxyl groups excluding tert-OH is 1. The van der Waals surface area contributed by atoms with E-state index in [2.05, 4.69) is 0 Å². The third-order valence-corrected chi connectivity index (χ3v) is 7.02. The molecule has 3 aromatic carbocycles. The lowest BCUT2D eigenvalue weighted by Gasteiger charge is -2.20. The summed E-state index contributed by atoms with van der Waals surface area (Å²) in [6.07, 6.45) is 0.612. The van der Waals surface area contributed by atoms with Crippen molar-refractivity contribution in [2.75, 3.05) is 6.61 Å². The Bertz CT molecular complexity index is 753. The Morgan fingerprint density at radius 2 is 1.09 bits per heavy atom. The molecule has 0 aromatic heterocycles. The SMILES string of the molecule is O=P(c1ccccc1)(c1ccccc1)c1ccc(CCO)cc1. The van der Waals surface area contributed by atoms with E-state index in [1.165, 1.54) is 0 Å². The second-order valence-corrected chi connectivity index (χ2v) is 8.19. The summed E-state index contributed by atoms with van der Waals surface area (Å²) in [5, 5.41) is 11.5. The van der Waals surface area contributed by atoms with Crippen molar-refractivity contribution in [1.29, 1.82) is 0 Å². The highest BCUT2D eigenvalue weighted by Crippen LogP contribution is 2.42. The lowest BCUT2D eigenvalue weighted by molar-refractivity contribution is 0.299. The predicted molar refractivity (Wildman–Crippen MR) is 96.6 cm³/mol. The largest absolute Gasteiger partial charge is 0.396 e. The Labute approximate surface area is 136 Å². The van der Waals surface area contributed by atoms with E-state index in [4.69, 9.17) is 5.11 Å². The van der Waals surface area contributed by atoms with Gasteiger partial charge in [0.2, 0.25) is 0 Å². The van der Waals surface area contributed by atoms with Gasteiger partial charge in [-0.25, -0.2) is 0 Å². The van der Waals surface area contributed by atoms with Crippen LogP contribution in [0, 0.1) is 0 Å². The van der Waals surface area contributed by atoms with Crippen LogP contribution < -0.4 is 15.9 Å². The lowest BCUT2D eigenvalue weighted by Crippen LogP contribution is -2.24. The molecule has 0 radical (unpaired) electrons. The standard InChI is InChI=1S/C20H19O2P/c21-16-15-17-11-13-20(14-12-17)23(22,18-7-3-1-4-8-18)19-9-5-2-6-10-19/h1-14,21H,15-16H2. The number of rotatable bonds is 5. The van der Waals surface area contributed by atoms with Gasteiger partial charge in [0.25, 0.3) is 0 Å². The van der Waals surface area contributed by atoms with Gasteiger partial charge in [0.05, 0.1) is 0 Å². The molecule has 0 aliphatic carbocycles. The molecule has 116 valence electrons. The minimum Gasteiger partial charge on any atom is -0.396 e. The minimum atomic E-state index is -2.88. The van der Waals surface area contributed by atoms with Gasteiger partial charge in [0.1, 0.15) is 0 Å². The molecule has 0 heterocycles.